The van der Waals surface area contributed by atoms with Crippen molar-refractivity contribution in [2.75, 3.05) is 13.1 Å². The minimum Gasteiger partial charge on any atom is -0.339 e. The van der Waals surface area contributed by atoms with Gasteiger partial charge in [-0.25, -0.2) is 0 Å². The lowest BCUT2D eigenvalue weighted by atomic mass is 9.95. The molecule has 2 aliphatic rings. The normalized spacial score (nSPS) is 20.3. The Morgan fingerprint density at radius 1 is 1.00 bits per heavy atom. The van der Waals surface area contributed by atoms with Gasteiger partial charge in [0.2, 0.25) is 0 Å². The molecule has 0 radical (unpaired) electrons. The SMILES string of the molecule is O=C(c1csc2c1CCCC2)N1CCCCCC1. The van der Waals surface area contributed by atoms with E-state index >= 15 is 0 Å². The summed E-state index contributed by atoms with van der Waals surface area (Å²) in [7, 11) is 0. The summed E-state index contributed by atoms with van der Waals surface area (Å²) in [6.07, 6.45) is 9.78. The lowest BCUT2D eigenvalue weighted by Gasteiger charge is -2.21. The van der Waals surface area contributed by atoms with Crippen LogP contribution in [0.15, 0.2) is 5.38 Å². The Balaban J connectivity index is 1.80. The van der Waals surface area contributed by atoms with E-state index in [0.29, 0.717) is 5.91 Å². The molecule has 18 heavy (non-hydrogen) atoms. The first kappa shape index (κ1) is 12.2. The van der Waals surface area contributed by atoms with Gasteiger partial charge in [0.1, 0.15) is 0 Å². The van der Waals surface area contributed by atoms with Gasteiger partial charge in [-0.2, -0.15) is 0 Å². The third-order valence-electron chi connectivity index (χ3n) is 4.19. The zero-order valence-corrected chi connectivity index (χ0v) is 11.7. The number of thiophene rings is 1. The zero-order chi connectivity index (χ0) is 12.4. The molecular weight excluding hydrogens is 242 g/mol. The molecule has 1 aromatic heterocycles. The number of nitrogens with zero attached hydrogens (tertiary/aromatic N) is 1. The second-order valence-electron chi connectivity index (χ2n) is 5.46. The van der Waals surface area contributed by atoms with Gasteiger partial charge in [0.15, 0.2) is 0 Å². The second kappa shape index (κ2) is 5.43. The van der Waals surface area contributed by atoms with Crippen molar-refractivity contribution >= 4 is 17.2 Å². The topological polar surface area (TPSA) is 20.3 Å². The molecule has 2 nitrogen and oxygen atoms in total. The predicted molar refractivity (Wildman–Crippen MR) is 75.3 cm³/mol. The maximum atomic E-state index is 12.6. The van der Waals surface area contributed by atoms with Gasteiger partial charge >= 0.3 is 0 Å². The van der Waals surface area contributed by atoms with Crippen molar-refractivity contribution in [1.29, 1.82) is 0 Å². The van der Waals surface area contributed by atoms with Gasteiger partial charge in [-0.15, -0.1) is 11.3 Å². The fourth-order valence-electron chi connectivity index (χ4n) is 3.12. The Labute approximate surface area is 113 Å². The van der Waals surface area contributed by atoms with Crippen molar-refractivity contribution in [2.45, 2.75) is 51.4 Å². The van der Waals surface area contributed by atoms with E-state index in [4.69, 9.17) is 0 Å². The summed E-state index contributed by atoms with van der Waals surface area (Å²) in [6, 6.07) is 0. The average molecular weight is 263 g/mol. The summed E-state index contributed by atoms with van der Waals surface area (Å²) in [5, 5.41) is 2.11. The van der Waals surface area contributed by atoms with Gasteiger partial charge in [-0.05, 0) is 44.1 Å². The summed E-state index contributed by atoms with van der Waals surface area (Å²) in [5.74, 6) is 0.302. The molecule has 1 aliphatic heterocycles. The molecule has 1 fully saturated rings. The first-order valence-electron chi connectivity index (χ1n) is 7.25. The molecule has 2 heterocycles. The van der Waals surface area contributed by atoms with Crippen LogP contribution in [0.1, 0.15) is 59.3 Å². The number of amides is 1. The van der Waals surface area contributed by atoms with Gasteiger partial charge in [0, 0.05) is 23.3 Å². The number of likely N-dealkylation sites (tertiary alicyclic amines) is 1. The van der Waals surface area contributed by atoms with Gasteiger partial charge in [-0.3, -0.25) is 4.79 Å². The summed E-state index contributed by atoms with van der Waals surface area (Å²) in [5.41, 5.74) is 2.40. The third kappa shape index (κ3) is 2.33. The number of hydrogen-bond donors (Lipinski definition) is 0. The average Bonchev–Trinajstić information content (AvgIpc) is 2.65. The molecule has 0 spiro atoms. The van der Waals surface area contributed by atoms with Crippen LogP contribution in [0.2, 0.25) is 0 Å². The van der Waals surface area contributed by atoms with E-state index in [9.17, 15) is 4.79 Å². The number of hydrogen-bond acceptors (Lipinski definition) is 2. The molecule has 1 aromatic rings. The van der Waals surface area contributed by atoms with Gasteiger partial charge in [0.25, 0.3) is 5.91 Å². The largest absolute Gasteiger partial charge is 0.339 e. The molecule has 0 saturated carbocycles. The van der Waals surface area contributed by atoms with Crippen LogP contribution in [0.25, 0.3) is 0 Å². The Morgan fingerprint density at radius 2 is 1.72 bits per heavy atom. The summed E-state index contributed by atoms with van der Waals surface area (Å²) < 4.78 is 0. The van der Waals surface area contributed by atoms with E-state index in [-0.39, 0.29) is 0 Å². The van der Waals surface area contributed by atoms with E-state index in [1.165, 1.54) is 55.4 Å². The molecule has 0 unspecified atom stereocenters. The van der Waals surface area contributed by atoms with Crippen LogP contribution < -0.4 is 0 Å². The van der Waals surface area contributed by atoms with Gasteiger partial charge in [0.05, 0.1) is 5.56 Å². The Kier molecular flexibility index (Phi) is 3.69. The molecule has 3 heteroatoms. The van der Waals surface area contributed by atoms with Crippen molar-refractivity contribution in [1.82, 2.24) is 4.90 Å². The molecular formula is C15H21NOS. The number of fused-ring (bicyclic) bond motifs is 1. The van der Waals surface area contributed by atoms with Crippen molar-refractivity contribution in [3.05, 3.63) is 21.4 Å². The standard InChI is InChI=1S/C15H21NOS/c17-15(16-9-5-1-2-6-10-16)13-11-18-14-8-4-3-7-12(13)14/h11H,1-10H2. The van der Waals surface area contributed by atoms with Crippen LogP contribution in [-0.2, 0) is 12.8 Å². The van der Waals surface area contributed by atoms with Crippen LogP contribution in [0.3, 0.4) is 0 Å². The first-order chi connectivity index (χ1) is 8.86. The fraction of sp³-hybridized carbons (Fsp3) is 0.667. The highest BCUT2D eigenvalue weighted by atomic mass is 32.1. The smallest absolute Gasteiger partial charge is 0.254 e. The maximum Gasteiger partial charge on any atom is 0.254 e. The highest BCUT2D eigenvalue weighted by molar-refractivity contribution is 7.10. The first-order valence-corrected chi connectivity index (χ1v) is 8.13. The van der Waals surface area contributed by atoms with E-state index < -0.39 is 0 Å². The van der Waals surface area contributed by atoms with Crippen LogP contribution >= 0.6 is 11.3 Å². The molecule has 0 bridgehead atoms. The van der Waals surface area contributed by atoms with E-state index in [1.54, 1.807) is 11.3 Å². The number of rotatable bonds is 1. The summed E-state index contributed by atoms with van der Waals surface area (Å²) in [4.78, 5) is 16.2. The summed E-state index contributed by atoms with van der Waals surface area (Å²) in [6.45, 7) is 1.92. The molecule has 0 aromatic carbocycles. The second-order valence-corrected chi connectivity index (χ2v) is 6.43. The molecule has 3 rings (SSSR count). The van der Waals surface area contributed by atoms with Crippen LogP contribution in [-0.4, -0.2) is 23.9 Å². The zero-order valence-electron chi connectivity index (χ0n) is 10.9. The molecule has 98 valence electrons. The van der Waals surface area contributed by atoms with Crippen molar-refractivity contribution < 1.29 is 4.79 Å². The van der Waals surface area contributed by atoms with E-state index in [1.807, 2.05) is 0 Å². The minimum absolute atomic E-state index is 0.302. The molecule has 1 aliphatic carbocycles. The van der Waals surface area contributed by atoms with E-state index in [0.717, 1.165) is 25.1 Å². The van der Waals surface area contributed by atoms with Crippen LogP contribution in [0, 0.1) is 0 Å². The Bertz CT molecular complexity index is 430. The van der Waals surface area contributed by atoms with Crippen LogP contribution in [0.5, 0.6) is 0 Å². The Morgan fingerprint density at radius 3 is 2.50 bits per heavy atom. The number of aryl methyl sites for hydroxylation is 1. The maximum absolute atomic E-state index is 12.6. The number of carbonyl (C=O) groups excluding carboxylic acids is 1. The highest BCUT2D eigenvalue weighted by Crippen LogP contribution is 2.31. The summed E-state index contributed by atoms with van der Waals surface area (Å²) >= 11 is 1.80. The van der Waals surface area contributed by atoms with Crippen molar-refractivity contribution in [2.24, 2.45) is 0 Å². The molecule has 0 atom stereocenters. The minimum atomic E-state index is 0.302. The molecule has 1 amide bonds. The van der Waals surface area contributed by atoms with Gasteiger partial charge in [-0.1, -0.05) is 12.8 Å². The molecule has 1 saturated heterocycles. The highest BCUT2D eigenvalue weighted by Gasteiger charge is 2.24. The predicted octanol–water partition coefficient (Wildman–Crippen LogP) is 3.64. The van der Waals surface area contributed by atoms with Gasteiger partial charge < -0.3 is 4.90 Å². The molecule has 0 N–H and O–H groups in total. The lowest BCUT2D eigenvalue weighted by molar-refractivity contribution is 0.0761. The van der Waals surface area contributed by atoms with Crippen molar-refractivity contribution in [3.8, 4) is 0 Å². The van der Waals surface area contributed by atoms with Crippen LogP contribution in [0.4, 0.5) is 0 Å². The van der Waals surface area contributed by atoms with E-state index in [2.05, 4.69) is 10.3 Å². The monoisotopic (exact) mass is 263 g/mol. The quantitative estimate of drug-likeness (QED) is 0.757. The fourth-order valence-corrected chi connectivity index (χ4v) is 4.24. The van der Waals surface area contributed by atoms with Crippen molar-refractivity contribution in [3.63, 3.8) is 0 Å². The number of carbonyl (C=O) groups is 1. The Hall–Kier alpha value is -0.830. The lowest BCUT2D eigenvalue weighted by Crippen LogP contribution is -2.32. The third-order valence-corrected chi connectivity index (χ3v) is 5.27.